The first-order chi connectivity index (χ1) is 8.92. The standard InChI is InChI=1S/C15H19BO2/c1-2-5-13(6-3-1)11-14-7-4-8-15(14)12-16-17-9-10-18-16/h1-3,5-6,11,15H,4,7-10,12H2/b14-11-. The fourth-order valence-corrected chi connectivity index (χ4v) is 2.94. The van der Waals surface area contributed by atoms with Crippen LogP contribution in [0, 0.1) is 5.92 Å². The van der Waals surface area contributed by atoms with Crippen LogP contribution in [0.5, 0.6) is 0 Å². The zero-order chi connectivity index (χ0) is 12.2. The minimum Gasteiger partial charge on any atom is -0.409 e. The smallest absolute Gasteiger partial charge is 0.409 e. The number of hydrogen-bond acceptors (Lipinski definition) is 2. The molecule has 1 saturated heterocycles. The summed E-state index contributed by atoms with van der Waals surface area (Å²) in [4.78, 5) is 0. The minimum atomic E-state index is 0.0345. The molecule has 1 unspecified atom stereocenters. The Kier molecular flexibility index (Phi) is 3.82. The van der Waals surface area contributed by atoms with Gasteiger partial charge < -0.3 is 9.31 Å². The molecule has 1 saturated carbocycles. The van der Waals surface area contributed by atoms with E-state index in [1.165, 1.54) is 24.8 Å². The largest absolute Gasteiger partial charge is 0.457 e. The van der Waals surface area contributed by atoms with E-state index in [1.807, 2.05) is 0 Å². The van der Waals surface area contributed by atoms with E-state index in [0.29, 0.717) is 5.92 Å². The first kappa shape index (κ1) is 12.0. The minimum absolute atomic E-state index is 0.0345. The molecule has 1 aliphatic carbocycles. The van der Waals surface area contributed by atoms with Crippen LogP contribution in [0.3, 0.4) is 0 Å². The lowest BCUT2D eigenvalue weighted by atomic mass is 9.75. The van der Waals surface area contributed by atoms with Gasteiger partial charge in [0.1, 0.15) is 0 Å². The van der Waals surface area contributed by atoms with Gasteiger partial charge in [-0.25, -0.2) is 0 Å². The Labute approximate surface area is 109 Å². The van der Waals surface area contributed by atoms with Crippen molar-refractivity contribution in [3.8, 4) is 0 Å². The molecule has 94 valence electrons. The summed E-state index contributed by atoms with van der Waals surface area (Å²) in [5.41, 5.74) is 2.88. The fraction of sp³-hybridized carbons (Fsp3) is 0.467. The lowest BCUT2D eigenvalue weighted by Crippen LogP contribution is -2.18. The molecule has 3 heteroatoms. The van der Waals surface area contributed by atoms with Crippen molar-refractivity contribution in [1.29, 1.82) is 0 Å². The molecule has 0 spiro atoms. The molecule has 1 aliphatic heterocycles. The van der Waals surface area contributed by atoms with Crippen molar-refractivity contribution in [3.05, 3.63) is 41.5 Å². The van der Waals surface area contributed by atoms with Crippen molar-refractivity contribution in [2.24, 2.45) is 5.92 Å². The average Bonchev–Trinajstić information content (AvgIpc) is 3.04. The second kappa shape index (κ2) is 5.72. The molecule has 2 nitrogen and oxygen atoms in total. The molecule has 1 aromatic carbocycles. The van der Waals surface area contributed by atoms with E-state index in [1.54, 1.807) is 5.57 Å². The SMILES string of the molecule is C(=C1\CCCC1CB1OCCO1)/c1ccccc1. The van der Waals surface area contributed by atoms with E-state index in [0.717, 1.165) is 19.5 Å². The Bertz CT molecular complexity index is 410. The molecule has 3 rings (SSSR count). The summed E-state index contributed by atoms with van der Waals surface area (Å²) in [5.74, 6) is 0.647. The first-order valence-electron chi connectivity index (χ1n) is 6.90. The maximum absolute atomic E-state index is 5.56. The number of allylic oxidation sites excluding steroid dienone is 1. The van der Waals surface area contributed by atoms with Crippen molar-refractivity contribution in [3.63, 3.8) is 0 Å². The number of benzene rings is 1. The second-order valence-electron chi connectivity index (χ2n) is 5.13. The highest BCUT2D eigenvalue weighted by molar-refractivity contribution is 6.45. The first-order valence-corrected chi connectivity index (χ1v) is 6.90. The number of hydrogen-bond donors (Lipinski definition) is 0. The lowest BCUT2D eigenvalue weighted by molar-refractivity contribution is 0.365. The molecular weight excluding hydrogens is 223 g/mol. The molecule has 2 aliphatic rings. The Balaban J connectivity index is 1.68. The van der Waals surface area contributed by atoms with Gasteiger partial charge in [0.2, 0.25) is 0 Å². The van der Waals surface area contributed by atoms with Gasteiger partial charge in [-0.3, -0.25) is 0 Å². The van der Waals surface area contributed by atoms with Crippen LogP contribution < -0.4 is 0 Å². The van der Waals surface area contributed by atoms with Crippen molar-refractivity contribution >= 4 is 13.2 Å². The predicted octanol–water partition coefficient (Wildman–Crippen LogP) is 3.41. The van der Waals surface area contributed by atoms with Gasteiger partial charge in [-0.15, -0.1) is 0 Å². The van der Waals surface area contributed by atoms with Crippen LogP contribution >= 0.6 is 0 Å². The van der Waals surface area contributed by atoms with E-state index in [-0.39, 0.29) is 7.12 Å². The van der Waals surface area contributed by atoms with Crippen LogP contribution in [0.15, 0.2) is 35.9 Å². The number of rotatable bonds is 3. The van der Waals surface area contributed by atoms with Crippen LogP contribution in [-0.4, -0.2) is 20.3 Å². The van der Waals surface area contributed by atoms with Crippen LogP contribution in [0.4, 0.5) is 0 Å². The van der Waals surface area contributed by atoms with E-state index in [2.05, 4.69) is 36.4 Å². The normalized spacial score (nSPS) is 26.1. The average molecular weight is 242 g/mol. The van der Waals surface area contributed by atoms with Gasteiger partial charge in [0.25, 0.3) is 0 Å². The molecule has 0 aromatic heterocycles. The summed E-state index contributed by atoms with van der Waals surface area (Å²) >= 11 is 0. The molecule has 0 amide bonds. The maximum Gasteiger partial charge on any atom is 0.457 e. The van der Waals surface area contributed by atoms with Crippen molar-refractivity contribution in [2.75, 3.05) is 13.2 Å². The molecule has 0 radical (unpaired) electrons. The topological polar surface area (TPSA) is 18.5 Å². The van der Waals surface area contributed by atoms with Crippen molar-refractivity contribution in [2.45, 2.75) is 25.6 Å². The lowest BCUT2D eigenvalue weighted by Gasteiger charge is -2.13. The van der Waals surface area contributed by atoms with Crippen LogP contribution in [0.25, 0.3) is 6.08 Å². The zero-order valence-electron chi connectivity index (χ0n) is 10.7. The predicted molar refractivity (Wildman–Crippen MR) is 74.2 cm³/mol. The molecule has 2 fully saturated rings. The van der Waals surface area contributed by atoms with E-state index >= 15 is 0 Å². The molecule has 18 heavy (non-hydrogen) atoms. The summed E-state index contributed by atoms with van der Waals surface area (Å²) in [6.45, 7) is 1.52. The molecule has 1 heterocycles. The van der Waals surface area contributed by atoms with Gasteiger partial charge in [0.15, 0.2) is 0 Å². The summed E-state index contributed by atoms with van der Waals surface area (Å²) in [6, 6.07) is 10.6. The third kappa shape index (κ3) is 2.85. The zero-order valence-corrected chi connectivity index (χ0v) is 10.7. The van der Waals surface area contributed by atoms with Gasteiger partial charge in [-0.1, -0.05) is 42.0 Å². The van der Waals surface area contributed by atoms with E-state index < -0.39 is 0 Å². The molecular formula is C15H19BO2. The summed E-state index contributed by atoms with van der Waals surface area (Å²) in [7, 11) is 0.0345. The van der Waals surface area contributed by atoms with E-state index in [9.17, 15) is 0 Å². The van der Waals surface area contributed by atoms with Gasteiger partial charge in [0, 0.05) is 0 Å². The molecule has 1 aromatic rings. The fourth-order valence-electron chi connectivity index (χ4n) is 2.94. The Morgan fingerprint density at radius 2 is 1.94 bits per heavy atom. The Morgan fingerprint density at radius 1 is 1.17 bits per heavy atom. The molecule has 1 atom stereocenters. The highest BCUT2D eigenvalue weighted by atomic mass is 16.6. The van der Waals surface area contributed by atoms with E-state index in [4.69, 9.17) is 9.31 Å². The molecule has 0 N–H and O–H groups in total. The summed E-state index contributed by atoms with van der Waals surface area (Å²) in [5, 5.41) is 0. The van der Waals surface area contributed by atoms with Gasteiger partial charge >= 0.3 is 7.12 Å². The Morgan fingerprint density at radius 3 is 2.72 bits per heavy atom. The third-order valence-electron chi connectivity index (χ3n) is 3.86. The third-order valence-corrected chi connectivity index (χ3v) is 3.86. The quantitative estimate of drug-likeness (QED) is 0.756. The summed E-state index contributed by atoms with van der Waals surface area (Å²) in [6.07, 6.45) is 7.19. The van der Waals surface area contributed by atoms with Crippen LogP contribution in [-0.2, 0) is 9.31 Å². The van der Waals surface area contributed by atoms with Crippen molar-refractivity contribution < 1.29 is 9.31 Å². The van der Waals surface area contributed by atoms with Crippen molar-refractivity contribution in [1.82, 2.24) is 0 Å². The Hall–Kier alpha value is -1.06. The molecule has 0 bridgehead atoms. The highest BCUT2D eigenvalue weighted by Crippen LogP contribution is 2.36. The highest BCUT2D eigenvalue weighted by Gasteiger charge is 2.31. The van der Waals surface area contributed by atoms with Gasteiger partial charge in [-0.05, 0) is 37.1 Å². The van der Waals surface area contributed by atoms with Gasteiger partial charge in [-0.2, -0.15) is 0 Å². The monoisotopic (exact) mass is 242 g/mol. The maximum atomic E-state index is 5.56. The van der Waals surface area contributed by atoms with Crippen LogP contribution in [0.2, 0.25) is 6.32 Å². The van der Waals surface area contributed by atoms with Gasteiger partial charge in [0.05, 0.1) is 13.2 Å². The summed E-state index contributed by atoms with van der Waals surface area (Å²) < 4.78 is 11.1. The second-order valence-corrected chi connectivity index (χ2v) is 5.13. The van der Waals surface area contributed by atoms with Crippen LogP contribution in [0.1, 0.15) is 24.8 Å².